The van der Waals surface area contributed by atoms with E-state index >= 15 is 0 Å². The van der Waals surface area contributed by atoms with E-state index in [9.17, 15) is 4.79 Å². The summed E-state index contributed by atoms with van der Waals surface area (Å²) in [5, 5.41) is 0. The zero-order valence-corrected chi connectivity index (χ0v) is 8.42. The van der Waals surface area contributed by atoms with Gasteiger partial charge in [-0.2, -0.15) is 0 Å². The highest BCUT2D eigenvalue weighted by molar-refractivity contribution is 5.88. The lowest BCUT2D eigenvalue weighted by molar-refractivity contribution is -0.138. The topological polar surface area (TPSA) is 61.5 Å². The summed E-state index contributed by atoms with van der Waals surface area (Å²) in [6.07, 6.45) is 0.519. The summed E-state index contributed by atoms with van der Waals surface area (Å²) in [5.41, 5.74) is 5.93. The molecule has 0 aromatic carbocycles. The third kappa shape index (κ3) is 3.83. The van der Waals surface area contributed by atoms with Gasteiger partial charge in [0, 0.05) is 0 Å². The molecule has 0 heterocycles. The van der Waals surface area contributed by atoms with E-state index in [2.05, 4.69) is 0 Å². The van der Waals surface area contributed by atoms with Gasteiger partial charge >= 0.3 is 5.97 Å². The number of esters is 1. The van der Waals surface area contributed by atoms with Crippen LogP contribution in [0, 0.1) is 0 Å². The Morgan fingerprint density at radius 1 is 1.15 bits per heavy atom. The fourth-order valence-corrected chi connectivity index (χ4v) is 0.880. The van der Waals surface area contributed by atoms with Gasteiger partial charge in [-0.15, -0.1) is 0 Å². The summed E-state index contributed by atoms with van der Waals surface area (Å²) in [7, 11) is 0. The van der Waals surface area contributed by atoms with Crippen molar-refractivity contribution in [1.82, 2.24) is 0 Å². The number of carbonyl (C=O) groups excluding carboxylic acids is 1. The minimum absolute atomic E-state index is 0.170. The molecule has 4 nitrogen and oxygen atoms in total. The van der Waals surface area contributed by atoms with Crippen LogP contribution in [-0.4, -0.2) is 19.2 Å². The number of rotatable bonds is 5. The smallest absolute Gasteiger partial charge is 0.339 e. The first-order valence-corrected chi connectivity index (χ1v) is 4.45. The predicted octanol–water partition coefficient (Wildman–Crippen LogP) is 1.17. The molecule has 0 fully saturated rings. The summed E-state index contributed by atoms with van der Waals surface area (Å²) in [6.45, 7) is 6.20. The van der Waals surface area contributed by atoms with Crippen LogP contribution in [0.15, 0.2) is 11.5 Å². The second kappa shape index (κ2) is 6.34. The van der Waals surface area contributed by atoms with E-state index in [0.29, 0.717) is 25.2 Å². The Kier molecular flexibility index (Phi) is 5.76. The maximum atomic E-state index is 11.3. The van der Waals surface area contributed by atoms with E-state index in [1.54, 1.807) is 6.92 Å². The molecule has 0 radical (unpaired) electrons. The summed E-state index contributed by atoms with van der Waals surface area (Å²) < 4.78 is 9.82. The Balaban J connectivity index is 4.46. The van der Waals surface area contributed by atoms with E-state index in [4.69, 9.17) is 15.2 Å². The molecule has 0 aliphatic rings. The van der Waals surface area contributed by atoms with Crippen molar-refractivity contribution in [2.24, 2.45) is 5.73 Å². The van der Waals surface area contributed by atoms with Crippen LogP contribution in [0.5, 0.6) is 0 Å². The normalized spacial score (nSPS) is 11.9. The van der Waals surface area contributed by atoms with Crippen LogP contribution in [-0.2, 0) is 14.3 Å². The van der Waals surface area contributed by atoms with Crippen LogP contribution < -0.4 is 5.73 Å². The predicted molar refractivity (Wildman–Crippen MR) is 49.8 cm³/mol. The van der Waals surface area contributed by atoms with E-state index in [0.717, 1.165) is 0 Å². The van der Waals surface area contributed by atoms with Crippen molar-refractivity contribution in [3.05, 3.63) is 11.5 Å². The van der Waals surface area contributed by atoms with Gasteiger partial charge in [-0.3, -0.25) is 0 Å². The largest absolute Gasteiger partial charge is 0.479 e. The van der Waals surface area contributed by atoms with E-state index < -0.39 is 5.97 Å². The molecule has 0 aromatic heterocycles. The van der Waals surface area contributed by atoms with Gasteiger partial charge in [0.15, 0.2) is 5.88 Å². The molecule has 0 aliphatic carbocycles. The standard InChI is InChI=1S/C9H17NO3/c1-4-7(8(10)12-5-2)9(11)13-6-3/h4-6,10H2,1-3H3. The van der Waals surface area contributed by atoms with Crippen LogP contribution in [0.2, 0.25) is 0 Å². The maximum absolute atomic E-state index is 11.3. The second-order valence-electron chi connectivity index (χ2n) is 2.35. The number of ether oxygens (including phenoxy) is 2. The number of hydrogen-bond donors (Lipinski definition) is 1. The van der Waals surface area contributed by atoms with Crippen LogP contribution >= 0.6 is 0 Å². The van der Waals surface area contributed by atoms with Crippen molar-refractivity contribution in [2.45, 2.75) is 27.2 Å². The van der Waals surface area contributed by atoms with Crippen molar-refractivity contribution >= 4 is 5.97 Å². The Morgan fingerprint density at radius 3 is 2.08 bits per heavy atom. The first-order valence-electron chi connectivity index (χ1n) is 4.45. The lowest BCUT2D eigenvalue weighted by atomic mass is 10.2. The summed E-state index contributed by atoms with van der Waals surface area (Å²) >= 11 is 0. The minimum atomic E-state index is -0.393. The zero-order chi connectivity index (χ0) is 10.3. The van der Waals surface area contributed by atoms with E-state index in [1.807, 2.05) is 13.8 Å². The monoisotopic (exact) mass is 187 g/mol. The van der Waals surface area contributed by atoms with E-state index in [1.165, 1.54) is 0 Å². The molecule has 13 heavy (non-hydrogen) atoms. The average Bonchev–Trinajstić information content (AvgIpc) is 2.06. The van der Waals surface area contributed by atoms with Crippen LogP contribution in [0.3, 0.4) is 0 Å². The highest BCUT2D eigenvalue weighted by atomic mass is 16.5. The first kappa shape index (κ1) is 11.8. The Bertz CT molecular complexity index is 199. The zero-order valence-electron chi connectivity index (χ0n) is 8.42. The van der Waals surface area contributed by atoms with Crippen molar-refractivity contribution in [3.63, 3.8) is 0 Å². The Morgan fingerprint density at radius 2 is 1.69 bits per heavy atom. The molecule has 4 heteroatoms. The molecule has 76 valence electrons. The molecule has 0 spiro atoms. The van der Waals surface area contributed by atoms with Gasteiger partial charge in [-0.05, 0) is 20.3 Å². The van der Waals surface area contributed by atoms with Gasteiger partial charge in [0.05, 0.1) is 18.8 Å². The highest BCUT2D eigenvalue weighted by Crippen LogP contribution is 2.07. The number of hydrogen-bond acceptors (Lipinski definition) is 4. The molecule has 0 unspecified atom stereocenters. The fourth-order valence-electron chi connectivity index (χ4n) is 0.880. The van der Waals surface area contributed by atoms with Gasteiger partial charge in [-0.25, -0.2) is 4.79 Å². The van der Waals surface area contributed by atoms with Crippen molar-refractivity contribution in [2.75, 3.05) is 13.2 Å². The van der Waals surface area contributed by atoms with Crippen molar-refractivity contribution in [3.8, 4) is 0 Å². The van der Waals surface area contributed by atoms with Crippen molar-refractivity contribution in [1.29, 1.82) is 0 Å². The molecule has 0 atom stereocenters. The third-order valence-corrected chi connectivity index (χ3v) is 1.47. The van der Waals surface area contributed by atoms with Gasteiger partial charge in [-0.1, -0.05) is 6.92 Å². The lowest BCUT2D eigenvalue weighted by Crippen LogP contribution is -2.15. The van der Waals surface area contributed by atoms with Crippen LogP contribution in [0.25, 0.3) is 0 Å². The average molecular weight is 187 g/mol. The summed E-state index contributed by atoms with van der Waals surface area (Å²) in [4.78, 5) is 11.3. The molecular weight excluding hydrogens is 170 g/mol. The Labute approximate surface area is 78.7 Å². The summed E-state index contributed by atoms with van der Waals surface area (Å²) in [5.74, 6) is -0.223. The third-order valence-electron chi connectivity index (χ3n) is 1.47. The summed E-state index contributed by atoms with van der Waals surface area (Å²) in [6, 6.07) is 0. The van der Waals surface area contributed by atoms with E-state index in [-0.39, 0.29) is 5.88 Å². The molecule has 0 rings (SSSR count). The number of carbonyl (C=O) groups is 1. The molecule has 2 N–H and O–H groups in total. The Hall–Kier alpha value is -1.19. The molecule has 0 saturated heterocycles. The van der Waals surface area contributed by atoms with Gasteiger partial charge in [0.25, 0.3) is 0 Å². The fraction of sp³-hybridized carbons (Fsp3) is 0.667. The molecule has 0 bridgehead atoms. The van der Waals surface area contributed by atoms with Crippen LogP contribution in [0.1, 0.15) is 27.2 Å². The van der Waals surface area contributed by atoms with Crippen LogP contribution in [0.4, 0.5) is 0 Å². The quantitative estimate of drug-likeness (QED) is 0.398. The van der Waals surface area contributed by atoms with Crippen molar-refractivity contribution < 1.29 is 14.3 Å². The first-order chi connectivity index (χ1) is 6.17. The maximum Gasteiger partial charge on any atom is 0.339 e. The molecule has 0 amide bonds. The molecule has 0 aliphatic heterocycles. The van der Waals surface area contributed by atoms with Gasteiger partial charge < -0.3 is 15.2 Å². The highest BCUT2D eigenvalue weighted by Gasteiger charge is 2.13. The number of nitrogens with two attached hydrogens (primary N) is 1. The second-order valence-corrected chi connectivity index (χ2v) is 2.35. The molecule has 0 aromatic rings. The van der Waals surface area contributed by atoms with Gasteiger partial charge in [0.1, 0.15) is 0 Å². The lowest BCUT2D eigenvalue weighted by Gasteiger charge is -2.08. The molecule has 0 saturated carbocycles. The minimum Gasteiger partial charge on any atom is -0.479 e. The van der Waals surface area contributed by atoms with Gasteiger partial charge in [0.2, 0.25) is 0 Å². The molecular formula is C9H17NO3. The SMILES string of the molecule is CCOC(=O)C(CC)=C(N)OCC.